The van der Waals surface area contributed by atoms with Crippen molar-refractivity contribution in [1.82, 2.24) is 0 Å². The Balaban J connectivity index is 2.33. The van der Waals surface area contributed by atoms with E-state index in [4.69, 9.17) is 4.74 Å². The van der Waals surface area contributed by atoms with Gasteiger partial charge in [-0.1, -0.05) is 24.3 Å². The lowest BCUT2D eigenvalue weighted by Gasteiger charge is -2.19. The molecule has 0 aliphatic carbocycles. The number of para-hydroxylation sites is 1. The molecule has 3 heteroatoms. The van der Waals surface area contributed by atoms with E-state index < -0.39 is 0 Å². The van der Waals surface area contributed by atoms with E-state index in [1.807, 2.05) is 12.1 Å². The van der Waals surface area contributed by atoms with Gasteiger partial charge in [0, 0.05) is 6.04 Å². The third-order valence-electron chi connectivity index (χ3n) is 3.76. The van der Waals surface area contributed by atoms with Gasteiger partial charge in [0.05, 0.1) is 18.4 Å². The van der Waals surface area contributed by atoms with E-state index in [1.54, 1.807) is 13.2 Å². The first-order chi connectivity index (χ1) is 10.1. The minimum atomic E-state index is 0.0905. The number of rotatable bonds is 4. The Kier molecular flexibility index (Phi) is 4.49. The van der Waals surface area contributed by atoms with Crippen molar-refractivity contribution in [2.75, 3.05) is 12.4 Å². The molecule has 0 aliphatic heterocycles. The van der Waals surface area contributed by atoms with Crippen LogP contribution in [0.2, 0.25) is 0 Å². The molecule has 0 fully saturated rings. The van der Waals surface area contributed by atoms with Crippen molar-refractivity contribution in [2.45, 2.75) is 26.8 Å². The first-order valence-electron chi connectivity index (χ1n) is 6.97. The van der Waals surface area contributed by atoms with Gasteiger partial charge in [0.15, 0.2) is 0 Å². The molecule has 1 N–H and O–H groups in total. The molecule has 0 aliphatic rings. The number of hydrogen-bond acceptors (Lipinski definition) is 3. The van der Waals surface area contributed by atoms with Gasteiger partial charge in [0.2, 0.25) is 0 Å². The molecular formula is C18H20N2O. The van der Waals surface area contributed by atoms with Gasteiger partial charge >= 0.3 is 0 Å². The predicted octanol–water partition coefficient (Wildman–Crippen LogP) is 4.36. The minimum absolute atomic E-state index is 0.0905. The van der Waals surface area contributed by atoms with Crippen LogP contribution in [0.4, 0.5) is 5.69 Å². The zero-order chi connectivity index (χ0) is 15.4. The lowest BCUT2D eigenvalue weighted by molar-refractivity contribution is 0.416. The number of nitriles is 1. The Hall–Kier alpha value is -2.47. The largest absolute Gasteiger partial charge is 0.495 e. The van der Waals surface area contributed by atoms with Gasteiger partial charge in [0.25, 0.3) is 0 Å². The first-order valence-corrected chi connectivity index (χ1v) is 6.97. The number of anilines is 1. The molecule has 0 heterocycles. The summed E-state index contributed by atoms with van der Waals surface area (Å²) < 4.78 is 5.35. The van der Waals surface area contributed by atoms with Gasteiger partial charge in [0.1, 0.15) is 11.8 Å². The van der Waals surface area contributed by atoms with Crippen molar-refractivity contribution in [2.24, 2.45) is 0 Å². The second-order valence-corrected chi connectivity index (χ2v) is 5.20. The number of hydrogen-bond donors (Lipinski definition) is 1. The summed E-state index contributed by atoms with van der Waals surface area (Å²) in [5, 5.41) is 12.7. The van der Waals surface area contributed by atoms with E-state index in [1.165, 1.54) is 16.7 Å². The standard InChI is InChI=1S/C18H20N2O/c1-12-8-9-15(10-13(12)2)14(3)20-18-16(11-19)6-5-7-17(18)21-4/h5-10,14,20H,1-4H3. The van der Waals surface area contributed by atoms with Crippen LogP contribution in [-0.2, 0) is 0 Å². The molecule has 21 heavy (non-hydrogen) atoms. The maximum atomic E-state index is 9.26. The van der Waals surface area contributed by atoms with Crippen molar-refractivity contribution in [1.29, 1.82) is 5.26 Å². The molecule has 0 aromatic heterocycles. The molecule has 0 radical (unpaired) electrons. The van der Waals surface area contributed by atoms with Crippen molar-refractivity contribution in [3.63, 3.8) is 0 Å². The summed E-state index contributed by atoms with van der Waals surface area (Å²) in [4.78, 5) is 0. The molecule has 2 aromatic carbocycles. The zero-order valence-corrected chi connectivity index (χ0v) is 12.9. The molecule has 0 spiro atoms. The van der Waals surface area contributed by atoms with E-state index in [2.05, 4.69) is 50.4 Å². The molecule has 108 valence electrons. The lowest BCUT2D eigenvalue weighted by atomic mass is 10.0. The third kappa shape index (κ3) is 3.17. The highest BCUT2D eigenvalue weighted by atomic mass is 16.5. The fraction of sp³-hybridized carbons (Fsp3) is 0.278. The van der Waals surface area contributed by atoms with Gasteiger partial charge in [-0.15, -0.1) is 0 Å². The van der Waals surface area contributed by atoms with Crippen LogP contribution >= 0.6 is 0 Å². The van der Waals surface area contributed by atoms with Crippen molar-refractivity contribution in [3.8, 4) is 11.8 Å². The van der Waals surface area contributed by atoms with Crippen LogP contribution < -0.4 is 10.1 Å². The van der Waals surface area contributed by atoms with Crippen LogP contribution in [0.1, 0.15) is 35.2 Å². The fourth-order valence-electron chi connectivity index (χ4n) is 2.28. The van der Waals surface area contributed by atoms with E-state index >= 15 is 0 Å². The molecule has 2 rings (SSSR count). The summed E-state index contributed by atoms with van der Waals surface area (Å²) in [7, 11) is 1.61. The summed E-state index contributed by atoms with van der Waals surface area (Å²) in [6, 6.07) is 14.2. The SMILES string of the molecule is COc1cccc(C#N)c1NC(C)c1ccc(C)c(C)c1. The van der Waals surface area contributed by atoms with Crippen molar-refractivity contribution < 1.29 is 4.74 Å². The van der Waals surface area contributed by atoms with Gasteiger partial charge in [-0.3, -0.25) is 0 Å². The monoisotopic (exact) mass is 280 g/mol. The second kappa shape index (κ2) is 6.32. The highest BCUT2D eigenvalue weighted by Crippen LogP contribution is 2.31. The van der Waals surface area contributed by atoms with Crippen LogP contribution in [0.5, 0.6) is 5.75 Å². The maximum Gasteiger partial charge on any atom is 0.143 e. The zero-order valence-electron chi connectivity index (χ0n) is 12.9. The van der Waals surface area contributed by atoms with Gasteiger partial charge in [-0.05, 0) is 49.6 Å². The van der Waals surface area contributed by atoms with Crippen molar-refractivity contribution in [3.05, 3.63) is 58.7 Å². The first kappa shape index (κ1) is 14.9. The number of aryl methyl sites for hydroxylation is 2. The van der Waals surface area contributed by atoms with Crippen LogP contribution in [0.25, 0.3) is 0 Å². The quantitative estimate of drug-likeness (QED) is 0.905. The smallest absolute Gasteiger partial charge is 0.143 e. The van der Waals surface area contributed by atoms with Gasteiger partial charge in [-0.2, -0.15) is 5.26 Å². The summed E-state index contributed by atoms with van der Waals surface area (Å²) in [6.07, 6.45) is 0. The second-order valence-electron chi connectivity index (χ2n) is 5.20. The maximum absolute atomic E-state index is 9.26. The summed E-state index contributed by atoms with van der Waals surface area (Å²) >= 11 is 0. The molecule has 0 amide bonds. The average molecular weight is 280 g/mol. The van der Waals surface area contributed by atoms with Crippen LogP contribution in [0, 0.1) is 25.2 Å². The van der Waals surface area contributed by atoms with Crippen LogP contribution in [-0.4, -0.2) is 7.11 Å². The Morgan fingerprint density at radius 3 is 2.52 bits per heavy atom. The molecule has 2 aromatic rings. The molecule has 1 atom stereocenters. The summed E-state index contributed by atoms with van der Waals surface area (Å²) in [5.41, 5.74) is 5.06. The highest BCUT2D eigenvalue weighted by molar-refractivity contribution is 5.67. The molecule has 0 saturated heterocycles. The number of nitrogens with one attached hydrogen (secondary N) is 1. The van der Waals surface area contributed by atoms with E-state index in [0.29, 0.717) is 11.3 Å². The number of ether oxygens (including phenoxy) is 1. The van der Waals surface area contributed by atoms with Gasteiger partial charge < -0.3 is 10.1 Å². The number of benzene rings is 2. The Morgan fingerprint density at radius 1 is 1.14 bits per heavy atom. The number of nitrogens with zero attached hydrogens (tertiary/aromatic N) is 1. The Bertz CT molecular complexity index is 686. The van der Waals surface area contributed by atoms with Crippen LogP contribution in [0.15, 0.2) is 36.4 Å². The van der Waals surface area contributed by atoms with Crippen LogP contribution in [0.3, 0.4) is 0 Å². The summed E-state index contributed by atoms with van der Waals surface area (Å²) in [6.45, 7) is 6.29. The molecule has 1 unspecified atom stereocenters. The highest BCUT2D eigenvalue weighted by Gasteiger charge is 2.13. The van der Waals surface area contributed by atoms with E-state index in [0.717, 1.165) is 5.69 Å². The molecule has 0 bridgehead atoms. The number of methoxy groups -OCH3 is 1. The molecule has 3 nitrogen and oxygen atoms in total. The van der Waals surface area contributed by atoms with E-state index in [9.17, 15) is 5.26 Å². The average Bonchev–Trinajstić information content (AvgIpc) is 2.50. The predicted molar refractivity (Wildman–Crippen MR) is 85.7 cm³/mol. The minimum Gasteiger partial charge on any atom is -0.495 e. The topological polar surface area (TPSA) is 45.0 Å². The summed E-state index contributed by atoms with van der Waals surface area (Å²) in [5.74, 6) is 0.685. The van der Waals surface area contributed by atoms with Gasteiger partial charge in [-0.25, -0.2) is 0 Å². The molecular weight excluding hydrogens is 260 g/mol. The Labute approximate surface area is 126 Å². The van der Waals surface area contributed by atoms with Crippen molar-refractivity contribution >= 4 is 5.69 Å². The third-order valence-corrected chi connectivity index (χ3v) is 3.76. The lowest BCUT2D eigenvalue weighted by Crippen LogP contribution is -2.09. The fourth-order valence-corrected chi connectivity index (χ4v) is 2.28. The molecule has 0 saturated carbocycles. The van der Waals surface area contributed by atoms with E-state index in [-0.39, 0.29) is 6.04 Å². The normalized spacial score (nSPS) is 11.6. The Morgan fingerprint density at radius 2 is 1.90 bits per heavy atom.